The number of aryl methyl sites for hydroxylation is 1. The number of methoxy groups -OCH3 is 1. The van der Waals surface area contributed by atoms with Crippen molar-refractivity contribution in [3.8, 4) is 0 Å². The Hall–Kier alpha value is -2.34. The highest BCUT2D eigenvalue weighted by Crippen LogP contribution is 2.30. The van der Waals surface area contributed by atoms with E-state index in [0.717, 1.165) is 42.9 Å². The summed E-state index contributed by atoms with van der Waals surface area (Å²) in [4.78, 5) is 14.9. The Labute approximate surface area is 187 Å². The number of hydrogen-bond acceptors (Lipinski definition) is 6. The van der Waals surface area contributed by atoms with Crippen molar-refractivity contribution >= 4 is 23.3 Å². The standard InChI is InChI=1S/C25H37N5O/c1-20-11-13-21(14-12-20)26-23-19-24(29-15-7-4-8-16-29)28-25(27-23)30(17-18-31-2)22-9-5-3-6-10-22/h11-14,19,22H,3-10,15-18H2,1-2H3,(H,26,27,28). The molecule has 0 radical (unpaired) electrons. The van der Waals surface area contributed by atoms with Crippen LogP contribution in [0.3, 0.4) is 0 Å². The van der Waals surface area contributed by atoms with Gasteiger partial charge in [-0.3, -0.25) is 0 Å². The van der Waals surface area contributed by atoms with Gasteiger partial charge < -0.3 is 19.9 Å². The van der Waals surface area contributed by atoms with E-state index in [4.69, 9.17) is 14.7 Å². The van der Waals surface area contributed by atoms with Crippen LogP contribution in [0.5, 0.6) is 0 Å². The Morgan fingerprint density at radius 1 is 1.00 bits per heavy atom. The lowest BCUT2D eigenvalue weighted by molar-refractivity contribution is 0.200. The van der Waals surface area contributed by atoms with E-state index < -0.39 is 0 Å². The van der Waals surface area contributed by atoms with Gasteiger partial charge in [-0.1, -0.05) is 37.0 Å². The fourth-order valence-corrected chi connectivity index (χ4v) is 4.71. The molecular formula is C25H37N5O. The largest absolute Gasteiger partial charge is 0.383 e. The summed E-state index contributed by atoms with van der Waals surface area (Å²) in [5, 5.41) is 3.53. The Kier molecular flexibility index (Phi) is 7.62. The summed E-state index contributed by atoms with van der Waals surface area (Å²) in [6.45, 7) is 5.77. The summed E-state index contributed by atoms with van der Waals surface area (Å²) >= 11 is 0. The van der Waals surface area contributed by atoms with Crippen molar-refractivity contribution in [1.29, 1.82) is 0 Å². The molecule has 1 aromatic carbocycles. The van der Waals surface area contributed by atoms with Crippen LogP contribution in [-0.4, -0.2) is 49.4 Å². The molecule has 31 heavy (non-hydrogen) atoms. The van der Waals surface area contributed by atoms with Gasteiger partial charge in [0.1, 0.15) is 11.6 Å². The number of piperidine rings is 1. The lowest BCUT2D eigenvalue weighted by Crippen LogP contribution is -2.40. The molecule has 1 N–H and O–H groups in total. The molecule has 0 amide bonds. The Balaban J connectivity index is 1.66. The predicted octanol–water partition coefficient (Wildman–Crippen LogP) is 5.30. The number of nitrogens with one attached hydrogen (secondary N) is 1. The van der Waals surface area contributed by atoms with E-state index in [2.05, 4.69) is 52.4 Å². The van der Waals surface area contributed by atoms with Crippen LogP contribution in [0, 0.1) is 6.92 Å². The molecule has 1 saturated heterocycles. The second kappa shape index (κ2) is 10.8. The third kappa shape index (κ3) is 5.88. The van der Waals surface area contributed by atoms with Gasteiger partial charge in [0.25, 0.3) is 0 Å². The molecule has 2 fully saturated rings. The molecule has 0 unspecified atom stereocenters. The second-order valence-corrected chi connectivity index (χ2v) is 8.93. The lowest BCUT2D eigenvalue weighted by atomic mass is 9.94. The third-order valence-corrected chi connectivity index (χ3v) is 6.51. The normalized spacial score (nSPS) is 17.5. The SMILES string of the molecule is COCCN(c1nc(Nc2ccc(C)cc2)cc(N2CCCCC2)n1)C1CCCCC1. The number of anilines is 4. The molecule has 6 heteroatoms. The lowest BCUT2D eigenvalue weighted by Gasteiger charge is -2.35. The number of aromatic nitrogens is 2. The van der Waals surface area contributed by atoms with Crippen molar-refractivity contribution in [1.82, 2.24) is 9.97 Å². The zero-order chi connectivity index (χ0) is 21.5. The van der Waals surface area contributed by atoms with Gasteiger partial charge in [-0.25, -0.2) is 0 Å². The highest BCUT2D eigenvalue weighted by atomic mass is 16.5. The average Bonchev–Trinajstić information content (AvgIpc) is 2.82. The molecule has 0 spiro atoms. The zero-order valence-corrected chi connectivity index (χ0v) is 19.1. The number of benzene rings is 1. The number of hydrogen-bond donors (Lipinski definition) is 1. The van der Waals surface area contributed by atoms with Crippen LogP contribution in [0.4, 0.5) is 23.3 Å². The molecule has 168 valence electrons. The first-order chi connectivity index (χ1) is 15.2. The summed E-state index contributed by atoms with van der Waals surface area (Å²) in [6, 6.07) is 11.1. The number of nitrogens with zero attached hydrogens (tertiary/aromatic N) is 4. The van der Waals surface area contributed by atoms with E-state index in [-0.39, 0.29) is 0 Å². The van der Waals surface area contributed by atoms with Crippen LogP contribution >= 0.6 is 0 Å². The molecule has 1 aliphatic heterocycles. The summed E-state index contributed by atoms with van der Waals surface area (Å²) in [7, 11) is 1.77. The third-order valence-electron chi connectivity index (χ3n) is 6.51. The minimum atomic E-state index is 0.493. The molecule has 2 aliphatic rings. The molecule has 0 bridgehead atoms. The van der Waals surface area contributed by atoms with Crippen LogP contribution < -0.4 is 15.1 Å². The van der Waals surface area contributed by atoms with Gasteiger partial charge in [0, 0.05) is 44.5 Å². The van der Waals surface area contributed by atoms with Crippen LogP contribution in [0.2, 0.25) is 0 Å². The Morgan fingerprint density at radius 3 is 2.42 bits per heavy atom. The topological polar surface area (TPSA) is 53.5 Å². The molecule has 0 atom stereocenters. The fourth-order valence-electron chi connectivity index (χ4n) is 4.71. The molecule has 1 aromatic heterocycles. The smallest absolute Gasteiger partial charge is 0.229 e. The molecular weight excluding hydrogens is 386 g/mol. The molecule has 2 heterocycles. The summed E-state index contributed by atoms with van der Waals surface area (Å²) < 4.78 is 5.45. The Bertz CT molecular complexity index is 813. The second-order valence-electron chi connectivity index (χ2n) is 8.93. The van der Waals surface area contributed by atoms with Gasteiger partial charge >= 0.3 is 0 Å². The summed E-state index contributed by atoms with van der Waals surface area (Å²) in [5.41, 5.74) is 2.31. The van der Waals surface area contributed by atoms with E-state index in [0.29, 0.717) is 12.6 Å². The monoisotopic (exact) mass is 423 g/mol. The van der Waals surface area contributed by atoms with Crippen molar-refractivity contribution in [2.45, 2.75) is 64.3 Å². The maximum absolute atomic E-state index is 5.45. The first-order valence-corrected chi connectivity index (χ1v) is 12.0. The van der Waals surface area contributed by atoms with Gasteiger partial charge in [-0.2, -0.15) is 9.97 Å². The van der Waals surface area contributed by atoms with Crippen molar-refractivity contribution in [3.63, 3.8) is 0 Å². The molecule has 1 saturated carbocycles. The van der Waals surface area contributed by atoms with Crippen LogP contribution in [-0.2, 0) is 4.74 Å². The van der Waals surface area contributed by atoms with Crippen molar-refractivity contribution < 1.29 is 4.74 Å². The van der Waals surface area contributed by atoms with E-state index >= 15 is 0 Å². The molecule has 1 aliphatic carbocycles. The quantitative estimate of drug-likeness (QED) is 0.621. The maximum Gasteiger partial charge on any atom is 0.229 e. The van der Waals surface area contributed by atoms with E-state index in [1.165, 1.54) is 56.9 Å². The Morgan fingerprint density at radius 2 is 1.71 bits per heavy atom. The fraction of sp³-hybridized carbons (Fsp3) is 0.600. The molecule has 2 aromatic rings. The summed E-state index contributed by atoms with van der Waals surface area (Å²) in [5.74, 6) is 2.74. The number of rotatable bonds is 8. The van der Waals surface area contributed by atoms with Crippen molar-refractivity contribution in [3.05, 3.63) is 35.9 Å². The van der Waals surface area contributed by atoms with Crippen LogP contribution in [0.1, 0.15) is 56.9 Å². The van der Waals surface area contributed by atoms with E-state index in [1.54, 1.807) is 7.11 Å². The highest BCUT2D eigenvalue weighted by molar-refractivity contribution is 5.62. The maximum atomic E-state index is 5.45. The van der Waals surface area contributed by atoms with Gasteiger partial charge in [0.05, 0.1) is 6.61 Å². The molecule has 4 rings (SSSR count). The first-order valence-electron chi connectivity index (χ1n) is 12.0. The van der Waals surface area contributed by atoms with Gasteiger partial charge in [0.2, 0.25) is 5.95 Å². The van der Waals surface area contributed by atoms with Gasteiger partial charge in [-0.15, -0.1) is 0 Å². The minimum Gasteiger partial charge on any atom is -0.383 e. The first kappa shape index (κ1) is 21.9. The predicted molar refractivity (Wildman–Crippen MR) is 129 cm³/mol. The van der Waals surface area contributed by atoms with Crippen molar-refractivity contribution in [2.24, 2.45) is 0 Å². The van der Waals surface area contributed by atoms with Gasteiger partial charge in [0.15, 0.2) is 0 Å². The van der Waals surface area contributed by atoms with Crippen LogP contribution in [0.15, 0.2) is 30.3 Å². The van der Waals surface area contributed by atoms with Gasteiger partial charge in [-0.05, 0) is 51.2 Å². The van der Waals surface area contributed by atoms with E-state index in [1.807, 2.05) is 0 Å². The van der Waals surface area contributed by atoms with Crippen molar-refractivity contribution in [2.75, 3.05) is 48.5 Å². The van der Waals surface area contributed by atoms with E-state index in [9.17, 15) is 0 Å². The highest BCUT2D eigenvalue weighted by Gasteiger charge is 2.25. The summed E-state index contributed by atoms with van der Waals surface area (Å²) in [6.07, 6.45) is 10.1. The minimum absolute atomic E-state index is 0.493. The number of ether oxygens (including phenoxy) is 1. The molecule has 6 nitrogen and oxygen atoms in total. The zero-order valence-electron chi connectivity index (χ0n) is 19.1. The van der Waals surface area contributed by atoms with Crippen LogP contribution in [0.25, 0.3) is 0 Å². The average molecular weight is 424 g/mol.